The van der Waals surface area contributed by atoms with Gasteiger partial charge in [-0.1, -0.05) is 11.8 Å². The van der Waals surface area contributed by atoms with Crippen LogP contribution < -0.4 is 56.7 Å². The molecule has 1 aliphatic heterocycles. The number of carbonyl (C=O) groups excluding carboxylic acids is 3. The second kappa shape index (κ2) is 6.78. The summed E-state index contributed by atoms with van der Waals surface area (Å²) in [6.07, 6.45) is 2.59. The van der Waals surface area contributed by atoms with Gasteiger partial charge < -0.3 is 14.9 Å². The van der Waals surface area contributed by atoms with Gasteiger partial charge in [0.05, 0.1) is 5.91 Å². The maximum Gasteiger partial charge on any atom is 1.00 e. The Bertz CT molecular complexity index is 486. The van der Waals surface area contributed by atoms with Crippen LogP contribution >= 0.6 is 23.1 Å². The van der Waals surface area contributed by atoms with Crippen molar-refractivity contribution in [1.82, 2.24) is 4.98 Å². The summed E-state index contributed by atoms with van der Waals surface area (Å²) in [7, 11) is 0. The third-order valence-electron chi connectivity index (χ3n) is 1.53. The summed E-state index contributed by atoms with van der Waals surface area (Å²) in [4.78, 5) is 37.1. The maximum atomic E-state index is 11.4. The molecule has 1 fully saturated rings. The first kappa shape index (κ1) is 15.0. The van der Waals surface area contributed by atoms with Crippen LogP contribution in [0.15, 0.2) is 22.6 Å². The molecule has 1 N–H and O–H groups in total. The van der Waals surface area contributed by atoms with Gasteiger partial charge in [-0.2, -0.15) is 0 Å². The fourth-order valence-electron chi connectivity index (χ4n) is 0.935. The van der Waals surface area contributed by atoms with Gasteiger partial charge in [0.1, 0.15) is 5.24 Å². The summed E-state index contributed by atoms with van der Waals surface area (Å²) in [6.45, 7) is 0. The maximum absolute atomic E-state index is 11.4. The molecule has 1 saturated heterocycles. The van der Waals surface area contributed by atoms with E-state index >= 15 is 0 Å². The molecule has 1 aliphatic rings. The van der Waals surface area contributed by atoms with Crippen molar-refractivity contribution in [2.75, 3.05) is 5.32 Å². The van der Waals surface area contributed by atoms with Crippen LogP contribution in [-0.4, -0.2) is 22.0 Å². The Labute approximate surface area is 147 Å². The number of carbonyl (C=O) groups is 3. The molecule has 17 heavy (non-hydrogen) atoms. The number of anilines is 1. The average molecular weight is 293 g/mol. The molecule has 6 nitrogen and oxygen atoms in total. The van der Waals surface area contributed by atoms with Crippen LogP contribution in [0.1, 0.15) is 0 Å². The molecule has 3 amide bonds. The Morgan fingerprint density at radius 1 is 1.47 bits per heavy atom. The number of hydrogen-bond acceptors (Lipinski definition) is 6. The van der Waals surface area contributed by atoms with E-state index < -0.39 is 17.1 Å². The first-order chi connectivity index (χ1) is 7.65. The molecule has 0 bridgehead atoms. The predicted octanol–water partition coefficient (Wildman–Crippen LogP) is -1.26. The first-order valence-corrected chi connectivity index (χ1v) is 5.75. The third kappa shape index (κ3) is 4.28. The fourth-order valence-corrected chi connectivity index (χ4v) is 2.08. The van der Waals surface area contributed by atoms with Crippen LogP contribution in [0.4, 0.5) is 9.93 Å². The number of nitrogens with one attached hydrogen (secondary N) is 1. The number of aromatic nitrogens is 1. The SMILES string of the molecule is O=C(/C=C1\SC(=O)[N-]C1=O)Nc1nccs1.[K+]. The normalized spacial score (nSPS) is 16.6. The molecule has 1 aromatic heterocycles. The monoisotopic (exact) mass is 293 g/mol. The quantitative estimate of drug-likeness (QED) is 0.543. The molecule has 0 saturated carbocycles. The van der Waals surface area contributed by atoms with Gasteiger partial charge in [0.25, 0.3) is 5.91 Å². The standard InChI is InChI=1S/C8H5N3O3S2.K/c12-5(10-7-9-1-2-15-7)3-4-6(13)11-8(14)16-4;/h1-3H,(H2,9,10,11,12,13,14);/q;+1/p-1/b4-3-;. The third-order valence-corrected chi connectivity index (χ3v) is 2.99. The van der Waals surface area contributed by atoms with Gasteiger partial charge in [0, 0.05) is 22.6 Å². The van der Waals surface area contributed by atoms with Gasteiger partial charge in [-0.05, 0) is 0 Å². The molecule has 2 heterocycles. The molecule has 0 radical (unpaired) electrons. The zero-order chi connectivity index (χ0) is 11.5. The summed E-state index contributed by atoms with van der Waals surface area (Å²) >= 11 is 1.90. The van der Waals surface area contributed by atoms with Crippen molar-refractivity contribution in [3.05, 3.63) is 27.9 Å². The van der Waals surface area contributed by atoms with E-state index in [1.54, 1.807) is 11.6 Å². The van der Waals surface area contributed by atoms with Crippen LogP contribution in [0.2, 0.25) is 0 Å². The molecule has 0 aromatic carbocycles. The minimum absolute atomic E-state index is 0. The molecule has 9 heteroatoms. The second-order valence-electron chi connectivity index (χ2n) is 2.62. The number of nitrogens with zero attached hydrogens (tertiary/aromatic N) is 2. The largest absolute Gasteiger partial charge is 1.00 e. The molecule has 0 unspecified atom stereocenters. The predicted molar refractivity (Wildman–Crippen MR) is 60.2 cm³/mol. The summed E-state index contributed by atoms with van der Waals surface area (Å²) < 4.78 is 0. The van der Waals surface area contributed by atoms with E-state index in [1.807, 2.05) is 0 Å². The number of rotatable bonds is 2. The number of thioether (sulfide) groups is 1. The van der Waals surface area contributed by atoms with Gasteiger partial charge in [-0.25, -0.2) is 4.98 Å². The van der Waals surface area contributed by atoms with Crippen molar-refractivity contribution in [2.24, 2.45) is 0 Å². The number of hydrogen-bond donors (Lipinski definition) is 1. The van der Waals surface area contributed by atoms with E-state index in [0.29, 0.717) is 16.9 Å². The van der Waals surface area contributed by atoms with Crippen LogP contribution in [0.25, 0.3) is 5.32 Å². The first-order valence-electron chi connectivity index (χ1n) is 4.05. The van der Waals surface area contributed by atoms with E-state index in [-0.39, 0.29) is 56.3 Å². The van der Waals surface area contributed by atoms with Gasteiger partial charge in [0.2, 0.25) is 0 Å². The molecular formula is C8H4KN3O3S2. The number of amides is 3. The topological polar surface area (TPSA) is 90.2 Å². The minimum atomic E-state index is -0.677. The molecule has 0 spiro atoms. The molecule has 0 aliphatic carbocycles. The minimum Gasteiger partial charge on any atom is -0.581 e. The molecule has 82 valence electrons. The average Bonchev–Trinajstić information content (AvgIpc) is 2.78. The Kier molecular flexibility index (Phi) is 5.99. The Morgan fingerprint density at radius 2 is 2.24 bits per heavy atom. The summed E-state index contributed by atoms with van der Waals surface area (Å²) in [5.74, 6) is -1.18. The van der Waals surface area contributed by atoms with Crippen LogP contribution in [0.5, 0.6) is 0 Å². The van der Waals surface area contributed by atoms with Crippen molar-refractivity contribution in [2.45, 2.75) is 0 Å². The van der Waals surface area contributed by atoms with E-state index in [0.717, 1.165) is 6.08 Å². The molecular weight excluding hydrogens is 289 g/mol. The van der Waals surface area contributed by atoms with Crippen molar-refractivity contribution in [3.8, 4) is 0 Å². The van der Waals surface area contributed by atoms with Gasteiger partial charge in [0.15, 0.2) is 5.13 Å². The summed E-state index contributed by atoms with van der Waals surface area (Å²) in [6, 6.07) is 0. The van der Waals surface area contributed by atoms with E-state index in [1.165, 1.54) is 11.3 Å². The molecule has 0 atom stereocenters. The Morgan fingerprint density at radius 3 is 2.76 bits per heavy atom. The summed E-state index contributed by atoms with van der Waals surface area (Å²) in [5, 5.41) is 7.14. The molecule has 1 aromatic rings. The van der Waals surface area contributed by atoms with Gasteiger partial charge in [-0.3, -0.25) is 10.1 Å². The summed E-state index contributed by atoms with van der Waals surface area (Å²) in [5.41, 5.74) is 0. The Hall–Kier alpha value is -0.0336. The van der Waals surface area contributed by atoms with Gasteiger partial charge >= 0.3 is 51.4 Å². The van der Waals surface area contributed by atoms with E-state index in [9.17, 15) is 14.4 Å². The van der Waals surface area contributed by atoms with Crippen LogP contribution in [-0.2, 0) is 9.59 Å². The number of thiazole rings is 1. The second-order valence-corrected chi connectivity index (χ2v) is 4.51. The van der Waals surface area contributed by atoms with Crippen LogP contribution in [0, 0.1) is 0 Å². The van der Waals surface area contributed by atoms with Crippen molar-refractivity contribution in [3.63, 3.8) is 0 Å². The van der Waals surface area contributed by atoms with E-state index in [2.05, 4.69) is 15.6 Å². The van der Waals surface area contributed by atoms with Crippen molar-refractivity contribution >= 4 is 45.3 Å². The van der Waals surface area contributed by atoms with Crippen molar-refractivity contribution < 1.29 is 65.8 Å². The van der Waals surface area contributed by atoms with E-state index in [4.69, 9.17) is 0 Å². The zero-order valence-electron chi connectivity index (χ0n) is 8.67. The zero-order valence-corrected chi connectivity index (χ0v) is 13.4. The fraction of sp³-hybridized carbons (Fsp3) is 0. The van der Waals surface area contributed by atoms with Crippen LogP contribution in [0.3, 0.4) is 0 Å². The van der Waals surface area contributed by atoms with Crippen molar-refractivity contribution in [1.29, 1.82) is 0 Å². The smallest absolute Gasteiger partial charge is 0.581 e. The van der Waals surface area contributed by atoms with Gasteiger partial charge in [-0.15, -0.1) is 11.3 Å². The number of imide groups is 1. The Balaban J connectivity index is 0.00000144. The molecule has 2 rings (SSSR count).